The zero-order valence-electron chi connectivity index (χ0n) is 14.0. The largest absolute Gasteiger partial charge is 0.256 e. The Morgan fingerprint density at radius 1 is 0.667 bits per heavy atom. The van der Waals surface area contributed by atoms with Gasteiger partial charge in [-0.15, -0.1) is 0 Å². The highest BCUT2D eigenvalue weighted by atomic mass is 14.7. The van der Waals surface area contributed by atoms with E-state index in [0.717, 1.165) is 5.69 Å². The lowest BCUT2D eigenvalue weighted by Gasteiger charge is -2.09. The molecule has 0 aliphatic heterocycles. The van der Waals surface area contributed by atoms with Crippen LogP contribution < -0.4 is 0 Å². The predicted octanol–water partition coefficient (Wildman–Crippen LogP) is 6.19. The van der Waals surface area contributed by atoms with Gasteiger partial charge in [-0.1, -0.05) is 60.2 Å². The maximum absolute atomic E-state index is 4.57. The van der Waals surface area contributed by atoms with Gasteiger partial charge in [0.2, 0.25) is 0 Å². The maximum Gasteiger partial charge on any atom is 0.0710 e. The molecule has 116 valence electrons. The molecule has 0 unspecified atom stereocenters. The predicted molar refractivity (Wildman–Crippen MR) is 102 cm³/mol. The fourth-order valence-corrected chi connectivity index (χ4v) is 3.16. The van der Waals surface area contributed by atoms with Crippen LogP contribution in [0, 0.1) is 13.8 Å². The van der Waals surface area contributed by atoms with Crippen LogP contribution in [0.2, 0.25) is 0 Å². The number of hydrogen-bond acceptors (Lipinski definition) is 1. The van der Waals surface area contributed by atoms with Crippen molar-refractivity contribution in [2.45, 2.75) is 13.8 Å². The second-order valence-corrected chi connectivity index (χ2v) is 6.31. The minimum atomic E-state index is 1.02. The summed E-state index contributed by atoms with van der Waals surface area (Å²) < 4.78 is 0. The molecule has 0 fully saturated rings. The van der Waals surface area contributed by atoms with Gasteiger partial charge in [0.1, 0.15) is 0 Å². The minimum Gasteiger partial charge on any atom is -0.256 e. The van der Waals surface area contributed by atoms with E-state index in [2.05, 4.69) is 91.6 Å². The summed E-state index contributed by atoms with van der Waals surface area (Å²) in [6.45, 7) is 4.26. The van der Waals surface area contributed by atoms with Gasteiger partial charge in [0.25, 0.3) is 0 Å². The SMILES string of the molecule is Cc1ccc2cc(-c3ccnc(-c4ccccc4C)c3)ccc2c1. The molecule has 24 heavy (non-hydrogen) atoms. The van der Waals surface area contributed by atoms with Gasteiger partial charge in [0.15, 0.2) is 0 Å². The van der Waals surface area contributed by atoms with E-state index >= 15 is 0 Å². The molecule has 0 atom stereocenters. The molecule has 0 amide bonds. The highest BCUT2D eigenvalue weighted by molar-refractivity contribution is 5.88. The zero-order chi connectivity index (χ0) is 16.5. The third-order valence-corrected chi connectivity index (χ3v) is 4.51. The van der Waals surface area contributed by atoms with Crippen molar-refractivity contribution in [3.8, 4) is 22.4 Å². The summed E-state index contributed by atoms with van der Waals surface area (Å²) in [5, 5.41) is 2.55. The van der Waals surface area contributed by atoms with E-state index in [1.54, 1.807) is 0 Å². The number of pyridine rings is 1. The highest BCUT2D eigenvalue weighted by Gasteiger charge is 2.06. The molecule has 0 bridgehead atoms. The summed E-state index contributed by atoms with van der Waals surface area (Å²) in [4.78, 5) is 4.57. The second-order valence-electron chi connectivity index (χ2n) is 6.31. The smallest absolute Gasteiger partial charge is 0.0710 e. The summed E-state index contributed by atoms with van der Waals surface area (Å²) in [6.07, 6.45) is 1.90. The van der Waals surface area contributed by atoms with Crippen LogP contribution in [0.5, 0.6) is 0 Å². The first-order valence-corrected chi connectivity index (χ1v) is 8.23. The summed E-state index contributed by atoms with van der Waals surface area (Å²) in [7, 11) is 0. The summed E-state index contributed by atoms with van der Waals surface area (Å²) in [6, 6.07) is 25.9. The fourth-order valence-electron chi connectivity index (χ4n) is 3.16. The number of hydrogen-bond donors (Lipinski definition) is 0. The van der Waals surface area contributed by atoms with Crippen LogP contribution in [0.1, 0.15) is 11.1 Å². The monoisotopic (exact) mass is 309 g/mol. The molecule has 0 aliphatic carbocycles. The molecule has 1 heteroatoms. The molecule has 1 nitrogen and oxygen atoms in total. The maximum atomic E-state index is 4.57. The van der Waals surface area contributed by atoms with Crippen molar-refractivity contribution < 1.29 is 0 Å². The lowest BCUT2D eigenvalue weighted by molar-refractivity contribution is 1.31. The molecule has 0 N–H and O–H groups in total. The minimum absolute atomic E-state index is 1.02. The molecule has 4 rings (SSSR count). The molecular weight excluding hydrogens is 290 g/mol. The van der Waals surface area contributed by atoms with Gasteiger partial charge in [-0.3, -0.25) is 4.98 Å². The average Bonchev–Trinajstić information content (AvgIpc) is 2.62. The Balaban J connectivity index is 1.81. The molecule has 0 spiro atoms. The molecule has 1 aromatic heterocycles. The number of rotatable bonds is 2. The number of aryl methyl sites for hydroxylation is 2. The van der Waals surface area contributed by atoms with Gasteiger partial charge in [0, 0.05) is 11.8 Å². The van der Waals surface area contributed by atoms with E-state index < -0.39 is 0 Å². The summed E-state index contributed by atoms with van der Waals surface area (Å²) in [5.74, 6) is 0. The van der Waals surface area contributed by atoms with Crippen LogP contribution in [-0.4, -0.2) is 4.98 Å². The number of benzene rings is 3. The van der Waals surface area contributed by atoms with Gasteiger partial charge in [-0.25, -0.2) is 0 Å². The van der Waals surface area contributed by atoms with Crippen molar-refractivity contribution in [2.24, 2.45) is 0 Å². The third-order valence-electron chi connectivity index (χ3n) is 4.51. The van der Waals surface area contributed by atoms with E-state index in [4.69, 9.17) is 0 Å². The van der Waals surface area contributed by atoms with Crippen LogP contribution in [0.3, 0.4) is 0 Å². The molecule has 0 radical (unpaired) electrons. The molecule has 0 aliphatic rings. The molecule has 0 saturated heterocycles. The van der Waals surface area contributed by atoms with Gasteiger partial charge >= 0.3 is 0 Å². The van der Waals surface area contributed by atoms with Crippen LogP contribution in [0.4, 0.5) is 0 Å². The van der Waals surface area contributed by atoms with Crippen molar-refractivity contribution in [2.75, 3.05) is 0 Å². The van der Waals surface area contributed by atoms with Crippen LogP contribution in [0.15, 0.2) is 79.0 Å². The highest BCUT2D eigenvalue weighted by Crippen LogP contribution is 2.28. The van der Waals surface area contributed by atoms with Crippen molar-refractivity contribution >= 4 is 10.8 Å². The van der Waals surface area contributed by atoms with Crippen LogP contribution in [0.25, 0.3) is 33.2 Å². The third kappa shape index (κ3) is 2.69. The topological polar surface area (TPSA) is 12.9 Å². The number of fused-ring (bicyclic) bond motifs is 1. The summed E-state index contributed by atoms with van der Waals surface area (Å²) in [5.41, 5.74) is 7.18. The molecule has 0 saturated carbocycles. The number of nitrogens with zero attached hydrogens (tertiary/aromatic N) is 1. The number of aromatic nitrogens is 1. The van der Waals surface area contributed by atoms with E-state index in [-0.39, 0.29) is 0 Å². The van der Waals surface area contributed by atoms with Crippen molar-refractivity contribution in [3.63, 3.8) is 0 Å². The van der Waals surface area contributed by atoms with Crippen molar-refractivity contribution in [1.82, 2.24) is 4.98 Å². The van der Waals surface area contributed by atoms with Gasteiger partial charge < -0.3 is 0 Å². The Hall–Kier alpha value is -2.93. The molecule has 1 heterocycles. The Bertz CT molecular complexity index is 1030. The van der Waals surface area contributed by atoms with Crippen LogP contribution >= 0.6 is 0 Å². The van der Waals surface area contributed by atoms with Crippen LogP contribution in [-0.2, 0) is 0 Å². The standard InChI is InChI=1S/C23H19N/c1-16-7-8-19-14-20(10-9-18(19)13-16)21-11-12-24-23(15-21)22-6-4-3-5-17(22)2/h3-15H,1-2H3. The van der Waals surface area contributed by atoms with Gasteiger partial charge in [0.05, 0.1) is 5.69 Å². The Kier molecular flexibility index (Phi) is 3.62. The van der Waals surface area contributed by atoms with E-state index in [0.29, 0.717) is 0 Å². The van der Waals surface area contributed by atoms with E-state index in [1.807, 2.05) is 6.20 Å². The fraction of sp³-hybridized carbons (Fsp3) is 0.0870. The first kappa shape index (κ1) is 14.6. The van der Waals surface area contributed by atoms with Crippen molar-refractivity contribution in [3.05, 3.63) is 90.1 Å². The Morgan fingerprint density at radius 3 is 2.29 bits per heavy atom. The lowest BCUT2D eigenvalue weighted by atomic mass is 9.98. The first-order chi connectivity index (χ1) is 11.7. The van der Waals surface area contributed by atoms with E-state index in [1.165, 1.54) is 38.6 Å². The Labute approximate surface area is 142 Å². The quantitative estimate of drug-likeness (QED) is 0.430. The summed E-state index contributed by atoms with van der Waals surface area (Å²) >= 11 is 0. The molecular formula is C23H19N. The second kappa shape index (κ2) is 5.93. The normalized spacial score (nSPS) is 10.9. The average molecular weight is 309 g/mol. The van der Waals surface area contributed by atoms with E-state index in [9.17, 15) is 0 Å². The van der Waals surface area contributed by atoms with Gasteiger partial charge in [-0.05, 0) is 59.5 Å². The van der Waals surface area contributed by atoms with Gasteiger partial charge in [-0.2, -0.15) is 0 Å². The molecule has 4 aromatic rings. The Morgan fingerprint density at radius 2 is 1.42 bits per heavy atom. The lowest BCUT2D eigenvalue weighted by Crippen LogP contribution is -1.88. The zero-order valence-corrected chi connectivity index (χ0v) is 14.0. The van der Waals surface area contributed by atoms with Crippen molar-refractivity contribution in [1.29, 1.82) is 0 Å². The first-order valence-electron chi connectivity index (χ1n) is 8.23. The molecule has 3 aromatic carbocycles.